The molecular weight excluding hydrogens is 377 g/mol. The molecule has 2 aromatic rings. The van der Waals surface area contributed by atoms with Crippen molar-refractivity contribution in [2.45, 2.75) is 24.8 Å². The Labute approximate surface area is 156 Å². The van der Waals surface area contributed by atoms with E-state index in [1.807, 2.05) is 6.92 Å². The Hall–Kier alpha value is -2.65. The number of hydrogen-bond donors (Lipinski definition) is 2. The Morgan fingerprint density at radius 1 is 1.26 bits per heavy atom. The third-order valence-corrected chi connectivity index (χ3v) is 5.07. The van der Waals surface area contributed by atoms with Crippen molar-refractivity contribution in [3.63, 3.8) is 0 Å². The lowest BCUT2D eigenvalue weighted by Gasteiger charge is -2.15. The molecule has 0 aliphatic carbocycles. The van der Waals surface area contributed by atoms with Gasteiger partial charge >= 0.3 is 5.97 Å². The van der Waals surface area contributed by atoms with Crippen LogP contribution in [0, 0.1) is 5.82 Å². The maximum Gasteiger partial charge on any atom is 0.335 e. The number of aromatic carboxylic acids is 1. The molecule has 2 aromatic carbocycles. The maximum atomic E-state index is 14.0. The van der Waals surface area contributed by atoms with Crippen molar-refractivity contribution in [1.29, 1.82) is 0 Å². The molecular formula is C18H20FNO6S. The zero-order valence-electron chi connectivity index (χ0n) is 14.9. The number of ether oxygens (including phenoxy) is 2. The topological polar surface area (TPSA) is 102 Å². The van der Waals surface area contributed by atoms with Gasteiger partial charge in [-0.05, 0) is 30.7 Å². The zero-order chi connectivity index (χ0) is 20.0. The number of nitrogens with one attached hydrogen (secondary N) is 1. The maximum absolute atomic E-state index is 14.0. The van der Waals surface area contributed by atoms with Crippen LogP contribution in [0.15, 0.2) is 41.3 Å². The largest absolute Gasteiger partial charge is 0.493 e. The fourth-order valence-corrected chi connectivity index (χ4v) is 3.43. The summed E-state index contributed by atoms with van der Waals surface area (Å²) in [4.78, 5) is 10.3. The van der Waals surface area contributed by atoms with Gasteiger partial charge in [-0.2, -0.15) is 0 Å². The Morgan fingerprint density at radius 2 is 2.00 bits per heavy atom. The van der Waals surface area contributed by atoms with Gasteiger partial charge in [0.1, 0.15) is 10.7 Å². The van der Waals surface area contributed by atoms with Gasteiger partial charge in [0, 0.05) is 12.1 Å². The lowest BCUT2D eigenvalue weighted by molar-refractivity contribution is 0.0696. The Bertz CT molecular complexity index is 929. The van der Waals surface area contributed by atoms with Crippen LogP contribution in [0.4, 0.5) is 4.39 Å². The minimum Gasteiger partial charge on any atom is -0.493 e. The number of benzene rings is 2. The minimum atomic E-state index is -4.29. The molecule has 0 unspecified atom stereocenters. The van der Waals surface area contributed by atoms with E-state index in [2.05, 4.69) is 4.72 Å². The van der Waals surface area contributed by atoms with E-state index < -0.39 is 26.7 Å². The Kier molecular flexibility index (Phi) is 6.75. The highest BCUT2D eigenvalue weighted by atomic mass is 32.2. The molecule has 0 fully saturated rings. The van der Waals surface area contributed by atoms with Crippen LogP contribution in [-0.4, -0.2) is 33.2 Å². The van der Waals surface area contributed by atoms with Gasteiger partial charge in [0.05, 0.1) is 19.3 Å². The van der Waals surface area contributed by atoms with Gasteiger partial charge < -0.3 is 14.6 Å². The van der Waals surface area contributed by atoms with Crippen LogP contribution in [0.1, 0.15) is 29.3 Å². The van der Waals surface area contributed by atoms with Crippen LogP contribution >= 0.6 is 0 Å². The Balaban J connectivity index is 2.31. The Morgan fingerprint density at radius 3 is 2.63 bits per heavy atom. The second kappa shape index (κ2) is 8.83. The summed E-state index contributed by atoms with van der Waals surface area (Å²) in [5.74, 6) is -1.56. The van der Waals surface area contributed by atoms with Crippen molar-refractivity contribution in [2.24, 2.45) is 0 Å². The van der Waals surface area contributed by atoms with E-state index in [0.717, 1.165) is 24.6 Å². The smallest absolute Gasteiger partial charge is 0.335 e. The van der Waals surface area contributed by atoms with Gasteiger partial charge in [-0.25, -0.2) is 22.3 Å². The molecule has 0 amide bonds. The molecule has 2 rings (SSSR count). The van der Waals surface area contributed by atoms with Crippen LogP contribution in [0.2, 0.25) is 0 Å². The van der Waals surface area contributed by atoms with Crippen LogP contribution in [-0.2, 0) is 16.6 Å². The molecule has 0 saturated carbocycles. The van der Waals surface area contributed by atoms with Gasteiger partial charge in [-0.1, -0.05) is 19.1 Å². The summed E-state index contributed by atoms with van der Waals surface area (Å²) < 4.78 is 52.0. The highest BCUT2D eigenvalue weighted by Crippen LogP contribution is 2.31. The summed E-state index contributed by atoms with van der Waals surface area (Å²) in [7, 11) is -2.82. The molecule has 2 N–H and O–H groups in total. The molecule has 0 aromatic heterocycles. The summed E-state index contributed by atoms with van der Waals surface area (Å²) in [6, 6.07) is 7.58. The van der Waals surface area contributed by atoms with Gasteiger partial charge in [0.2, 0.25) is 10.0 Å². The van der Waals surface area contributed by atoms with Crippen molar-refractivity contribution in [2.75, 3.05) is 13.7 Å². The second-order valence-corrected chi connectivity index (χ2v) is 7.31. The van der Waals surface area contributed by atoms with Crippen LogP contribution in [0.3, 0.4) is 0 Å². The molecule has 0 aliphatic heterocycles. The number of sulfonamides is 1. The van der Waals surface area contributed by atoms with E-state index in [1.54, 1.807) is 18.2 Å². The number of carbonyl (C=O) groups is 1. The predicted molar refractivity (Wildman–Crippen MR) is 96.2 cm³/mol. The average Bonchev–Trinajstić information content (AvgIpc) is 2.64. The van der Waals surface area contributed by atoms with Crippen molar-refractivity contribution in [3.05, 3.63) is 53.3 Å². The average molecular weight is 397 g/mol. The van der Waals surface area contributed by atoms with Crippen LogP contribution in [0.5, 0.6) is 11.5 Å². The second-order valence-electron chi connectivity index (χ2n) is 5.57. The molecule has 0 bridgehead atoms. The van der Waals surface area contributed by atoms with Crippen molar-refractivity contribution >= 4 is 16.0 Å². The summed E-state index contributed by atoms with van der Waals surface area (Å²) in [6.45, 7) is 2.15. The molecule has 27 heavy (non-hydrogen) atoms. The van der Waals surface area contributed by atoms with Crippen molar-refractivity contribution in [3.8, 4) is 11.5 Å². The fourth-order valence-electron chi connectivity index (χ4n) is 2.32. The SMILES string of the molecule is CCCOc1c(CNS(=O)(=O)c2cc(C(=O)O)ccc2F)cccc1OC. The summed E-state index contributed by atoms with van der Waals surface area (Å²) in [5, 5.41) is 8.98. The molecule has 0 saturated heterocycles. The van der Waals surface area contributed by atoms with E-state index in [9.17, 15) is 17.6 Å². The predicted octanol–water partition coefficient (Wildman–Crippen LogP) is 2.80. The lowest BCUT2D eigenvalue weighted by Crippen LogP contribution is -2.25. The third-order valence-electron chi connectivity index (χ3n) is 3.65. The molecule has 9 heteroatoms. The lowest BCUT2D eigenvalue weighted by atomic mass is 10.2. The number of carboxylic acid groups (broad SMARTS) is 1. The fraction of sp³-hybridized carbons (Fsp3) is 0.278. The first-order chi connectivity index (χ1) is 12.8. The van der Waals surface area contributed by atoms with Crippen molar-refractivity contribution < 1.29 is 32.2 Å². The zero-order valence-corrected chi connectivity index (χ0v) is 15.7. The van der Waals surface area contributed by atoms with Crippen molar-refractivity contribution in [1.82, 2.24) is 4.72 Å². The van der Waals surface area contributed by atoms with Gasteiger partial charge in [0.25, 0.3) is 0 Å². The number of hydrogen-bond acceptors (Lipinski definition) is 5. The highest BCUT2D eigenvalue weighted by molar-refractivity contribution is 7.89. The van der Waals surface area contributed by atoms with E-state index in [0.29, 0.717) is 23.7 Å². The van der Waals surface area contributed by atoms with Gasteiger partial charge in [-0.15, -0.1) is 0 Å². The molecule has 0 radical (unpaired) electrons. The highest BCUT2D eigenvalue weighted by Gasteiger charge is 2.22. The quantitative estimate of drug-likeness (QED) is 0.675. The first-order valence-corrected chi connectivity index (χ1v) is 9.59. The van der Waals surface area contributed by atoms with E-state index in [4.69, 9.17) is 14.6 Å². The first-order valence-electron chi connectivity index (χ1n) is 8.11. The third kappa shape index (κ3) is 4.95. The van der Waals surface area contributed by atoms with E-state index in [-0.39, 0.29) is 12.1 Å². The normalized spacial score (nSPS) is 11.2. The number of carboxylic acids is 1. The molecule has 0 aliphatic rings. The minimum absolute atomic E-state index is 0.185. The number of rotatable bonds is 9. The van der Waals surface area contributed by atoms with E-state index in [1.165, 1.54) is 7.11 Å². The monoisotopic (exact) mass is 397 g/mol. The molecule has 0 atom stereocenters. The number of halogens is 1. The van der Waals surface area contributed by atoms with E-state index >= 15 is 0 Å². The standard InChI is InChI=1S/C18H20FNO6S/c1-3-9-26-17-13(5-4-6-15(17)25-2)11-20-27(23,24)16-10-12(18(21)22)7-8-14(16)19/h4-8,10,20H,3,9,11H2,1-2H3,(H,21,22). The number of methoxy groups -OCH3 is 1. The molecule has 146 valence electrons. The van der Waals surface area contributed by atoms with Crippen LogP contribution in [0.25, 0.3) is 0 Å². The summed E-state index contributed by atoms with van der Waals surface area (Å²) in [6.07, 6.45) is 0.746. The molecule has 0 spiro atoms. The molecule has 7 nitrogen and oxygen atoms in total. The first kappa shape index (κ1) is 20.7. The summed E-state index contributed by atoms with van der Waals surface area (Å²) >= 11 is 0. The molecule has 0 heterocycles. The number of para-hydroxylation sites is 1. The van der Waals surface area contributed by atoms with Gasteiger partial charge in [-0.3, -0.25) is 0 Å². The van der Waals surface area contributed by atoms with Crippen LogP contribution < -0.4 is 14.2 Å². The van der Waals surface area contributed by atoms with Gasteiger partial charge in [0.15, 0.2) is 11.5 Å². The summed E-state index contributed by atoms with van der Waals surface area (Å²) in [5.41, 5.74) is 0.172.